The Morgan fingerprint density at radius 3 is 2.43 bits per heavy atom. The Kier molecular flexibility index (Phi) is 6.95. The van der Waals surface area contributed by atoms with Crippen LogP contribution in [0.5, 0.6) is 0 Å². The number of likely N-dealkylation sites (N-methyl/N-ethyl adjacent to an activating group) is 1. The number of benzene rings is 1. The van der Waals surface area contributed by atoms with Crippen molar-refractivity contribution in [1.29, 1.82) is 0 Å². The molecule has 1 fully saturated rings. The van der Waals surface area contributed by atoms with Crippen LogP contribution in [0.25, 0.3) is 0 Å². The van der Waals surface area contributed by atoms with Gasteiger partial charge in [0.2, 0.25) is 0 Å². The van der Waals surface area contributed by atoms with E-state index in [0.717, 1.165) is 43.4 Å². The molecule has 0 saturated carbocycles. The van der Waals surface area contributed by atoms with Crippen LogP contribution in [0.4, 0.5) is 5.69 Å². The summed E-state index contributed by atoms with van der Waals surface area (Å²) in [5.74, 6) is 0.272. The van der Waals surface area contributed by atoms with Gasteiger partial charge in [-0.05, 0) is 37.8 Å². The monoisotopic (exact) mass is 334 g/mol. The Morgan fingerprint density at radius 1 is 1.22 bits per heavy atom. The van der Waals surface area contributed by atoms with Crippen molar-refractivity contribution in [3.63, 3.8) is 0 Å². The fourth-order valence-electron chi connectivity index (χ4n) is 2.76. The fourth-order valence-corrected chi connectivity index (χ4v) is 3.06. The maximum atomic E-state index is 12.2. The molecular weight excluding hydrogens is 308 g/mol. The number of Topliss-reactive ketones (excluding diaryl/α,β-unsaturated/α-hetero) is 1. The second-order valence-corrected chi connectivity index (χ2v) is 6.16. The van der Waals surface area contributed by atoms with Crippen LogP contribution in [0.3, 0.4) is 0 Å². The predicted octanol–water partition coefficient (Wildman–Crippen LogP) is 1.57. The van der Waals surface area contributed by atoms with Gasteiger partial charge >= 0.3 is 0 Å². The van der Waals surface area contributed by atoms with Gasteiger partial charge in [0, 0.05) is 31.9 Å². The second kappa shape index (κ2) is 8.96. The summed E-state index contributed by atoms with van der Waals surface area (Å²) in [6.45, 7) is 5.98. The highest BCUT2D eigenvalue weighted by atomic mass is 32.1. The molecule has 0 amide bonds. The maximum Gasteiger partial charge on any atom is 0.173 e. The normalized spacial score (nSPS) is 16.9. The SMILES string of the molecule is CCC(NC)C(=O)CN1CCN(C(=S)Nc2ccccc2)CC1. The molecule has 0 radical (unpaired) electrons. The average molecular weight is 334 g/mol. The minimum absolute atomic E-state index is 0.0335. The first-order valence-corrected chi connectivity index (χ1v) is 8.58. The van der Waals surface area contributed by atoms with E-state index in [-0.39, 0.29) is 11.8 Å². The zero-order valence-electron chi connectivity index (χ0n) is 13.9. The largest absolute Gasteiger partial charge is 0.346 e. The van der Waals surface area contributed by atoms with E-state index in [2.05, 4.69) is 20.4 Å². The van der Waals surface area contributed by atoms with Crippen molar-refractivity contribution >= 4 is 28.8 Å². The molecule has 0 aliphatic carbocycles. The van der Waals surface area contributed by atoms with E-state index in [1.165, 1.54) is 0 Å². The molecule has 1 aromatic rings. The van der Waals surface area contributed by atoms with Crippen molar-refractivity contribution in [1.82, 2.24) is 15.1 Å². The van der Waals surface area contributed by atoms with Gasteiger partial charge in [0.05, 0.1) is 12.6 Å². The molecule has 2 rings (SSSR count). The van der Waals surface area contributed by atoms with Crippen molar-refractivity contribution in [3.8, 4) is 0 Å². The van der Waals surface area contributed by atoms with E-state index < -0.39 is 0 Å². The van der Waals surface area contributed by atoms with Gasteiger partial charge in [-0.25, -0.2) is 0 Å². The third-order valence-electron chi connectivity index (χ3n) is 4.21. The summed E-state index contributed by atoms with van der Waals surface area (Å²) in [7, 11) is 1.84. The van der Waals surface area contributed by atoms with Gasteiger partial charge in [0.1, 0.15) is 0 Å². The molecule has 23 heavy (non-hydrogen) atoms. The van der Waals surface area contributed by atoms with Crippen LogP contribution in [-0.4, -0.2) is 66.5 Å². The Labute approximate surface area is 144 Å². The number of hydrogen-bond acceptors (Lipinski definition) is 4. The quantitative estimate of drug-likeness (QED) is 0.770. The van der Waals surface area contributed by atoms with Crippen molar-refractivity contribution in [3.05, 3.63) is 30.3 Å². The molecule has 0 bridgehead atoms. The number of hydrogen-bond donors (Lipinski definition) is 2. The minimum atomic E-state index is -0.0335. The number of rotatable bonds is 6. The fraction of sp³-hybridized carbons (Fsp3) is 0.529. The topological polar surface area (TPSA) is 47.6 Å². The summed E-state index contributed by atoms with van der Waals surface area (Å²) in [6.07, 6.45) is 0.834. The van der Waals surface area contributed by atoms with E-state index in [1.807, 2.05) is 44.3 Å². The van der Waals surface area contributed by atoms with Crippen LogP contribution in [-0.2, 0) is 4.79 Å². The lowest BCUT2D eigenvalue weighted by molar-refractivity contribution is -0.122. The van der Waals surface area contributed by atoms with Crippen molar-refractivity contribution in [2.24, 2.45) is 0 Å². The van der Waals surface area contributed by atoms with Crippen LogP contribution < -0.4 is 10.6 Å². The molecule has 0 aromatic heterocycles. The number of piperazine rings is 1. The van der Waals surface area contributed by atoms with Gasteiger partial charge in [-0.2, -0.15) is 0 Å². The molecule has 1 saturated heterocycles. The summed E-state index contributed by atoms with van der Waals surface area (Å²) in [6, 6.07) is 9.93. The standard InChI is InChI=1S/C17H26N4OS/c1-3-15(18-2)16(22)13-20-9-11-21(12-10-20)17(23)19-14-7-5-4-6-8-14/h4-8,15,18H,3,9-13H2,1-2H3,(H,19,23). The molecule has 1 aliphatic rings. The molecular formula is C17H26N4OS. The van der Waals surface area contributed by atoms with Crippen LogP contribution in [0.2, 0.25) is 0 Å². The highest BCUT2D eigenvalue weighted by Gasteiger charge is 2.23. The Bertz CT molecular complexity index is 511. The lowest BCUT2D eigenvalue weighted by Gasteiger charge is -2.36. The van der Waals surface area contributed by atoms with Crippen molar-refractivity contribution in [2.75, 3.05) is 45.1 Å². The Balaban J connectivity index is 1.77. The minimum Gasteiger partial charge on any atom is -0.346 e. The number of para-hydroxylation sites is 1. The first-order valence-electron chi connectivity index (χ1n) is 8.17. The molecule has 0 spiro atoms. The van der Waals surface area contributed by atoms with Gasteiger partial charge in [-0.15, -0.1) is 0 Å². The first kappa shape index (κ1) is 17.8. The number of thiocarbonyl (C=S) groups is 1. The van der Waals surface area contributed by atoms with E-state index in [1.54, 1.807) is 0 Å². The molecule has 1 atom stereocenters. The first-order chi connectivity index (χ1) is 11.1. The molecule has 126 valence electrons. The lowest BCUT2D eigenvalue weighted by Crippen LogP contribution is -2.52. The number of ketones is 1. The molecule has 5 nitrogen and oxygen atoms in total. The predicted molar refractivity (Wildman–Crippen MR) is 98.8 cm³/mol. The summed E-state index contributed by atoms with van der Waals surface area (Å²) >= 11 is 5.48. The molecule has 6 heteroatoms. The molecule has 2 N–H and O–H groups in total. The zero-order valence-corrected chi connectivity index (χ0v) is 14.7. The molecule has 1 aromatic carbocycles. The Morgan fingerprint density at radius 2 is 1.87 bits per heavy atom. The van der Waals surface area contributed by atoms with Crippen LogP contribution >= 0.6 is 12.2 Å². The van der Waals surface area contributed by atoms with Gasteiger partial charge < -0.3 is 15.5 Å². The smallest absolute Gasteiger partial charge is 0.173 e. The zero-order chi connectivity index (χ0) is 16.7. The molecule has 1 unspecified atom stereocenters. The molecule has 1 heterocycles. The second-order valence-electron chi connectivity index (χ2n) is 5.78. The summed E-state index contributed by atoms with van der Waals surface area (Å²) in [4.78, 5) is 16.6. The van der Waals surface area contributed by atoms with Gasteiger partial charge in [-0.3, -0.25) is 9.69 Å². The van der Waals surface area contributed by atoms with E-state index >= 15 is 0 Å². The van der Waals surface area contributed by atoms with E-state index in [4.69, 9.17) is 12.2 Å². The Hall–Kier alpha value is -1.50. The van der Waals surface area contributed by atoms with Crippen molar-refractivity contribution < 1.29 is 4.79 Å². The number of nitrogens with zero attached hydrogens (tertiary/aromatic N) is 2. The third kappa shape index (κ3) is 5.27. The van der Waals surface area contributed by atoms with Crippen LogP contribution in [0, 0.1) is 0 Å². The number of carbonyl (C=O) groups excluding carboxylic acids is 1. The van der Waals surface area contributed by atoms with Gasteiger partial charge in [0.15, 0.2) is 10.9 Å². The van der Waals surface area contributed by atoms with Gasteiger partial charge in [-0.1, -0.05) is 25.1 Å². The van der Waals surface area contributed by atoms with E-state index in [9.17, 15) is 4.79 Å². The van der Waals surface area contributed by atoms with Crippen molar-refractivity contribution in [2.45, 2.75) is 19.4 Å². The summed E-state index contributed by atoms with van der Waals surface area (Å²) in [5.41, 5.74) is 1.01. The van der Waals surface area contributed by atoms with Gasteiger partial charge in [0.25, 0.3) is 0 Å². The summed E-state index contributed by atoms with van der Waals surface area (Å²) in [5, 5.41) is 7.10. The number of anilines is 1. The van der Waals surface area contributed by atoms with Crippen LogP contribution in [0.15, 0.2) is 30.3 Å². The van der Waals surface area contributed by atoms with Crippen LogP contribution in [0.1, 0.15) is 13.3 Å². The molecule has 1 aliphatic heterocycles. The number of carbonyl (C=O) groups is 1. The highest BCUT2D eigenvalue weighted by Crippen LogP contribution is 2.09. The van der Waals surface area contributed by atoms with E-state index in [0.29, 0.717) is 6.54 Å². The average Bonchev–Trinajstić information content (AvgIpc) is 2.57. The lowest BCUT2D eigenvalue weighted by atomic mass is 10.1. The highest BCUT2D eigenvalue weighted by molar-refractivity contribution is 7.80. The summed E-state index contributed by atoms with van der Waals surface area (Å²) < 4.78 is 0. The maximum absolute atomic E-state index is 12.2. The number of nitrogens with one attached hydrogen (secondary N) is 2. The third-order valence-corrected chi connectivity index (χ3v) is 4.57.